The number of methoxy groups -OCH3 is 1. The summed E-state index contributed by atoms with van der Waals surface area (Å²) in [5.74, 6) is -1.57. The lowest BCUT2D eigenvalue weighted by molar-refractivity contribution is 0.252. The number of ether oxygens (including phenoxy) is 1. The van der Waals surface area contributed by atoms with Gasteiger partial charge in [-0.1, -0.05) is 23.9 Å². The highest BCUT2D eigenvalue weighted by Crippen LogP contribution is 2.26. The van der Waals surface area contributed by atoms with Gasteiger partial charge >= 0.3 is 0 Å². The fraction of sp³-hybridized carbons (Fsp3) is 0.200. The molecule has 0 unspecified atom stereocenters. The molecule has 0 aliphatic carbocycles. The Morgan fingerprint density at radius 2 is 1.90 bits per heavy atom. The zero-order valence-corrected chi connectivity index (χ0v) is 11.8. The molecule has 0 aliphatic rings. The summed E-state index contributed by atoms with van der Waals surface area (Å²) in [6.45, 7) is 0.651. The van der Waals surface area contributed by atoms with E-state index in [1.54, 1.807) is 31.4 Å². The maximum absolute atomic E-state index is 12.2. The van der Waals surface area contributed by atoms with Crippen LogP contribution in [0.15, 0.2) is 53.4 Å². The number of alkyl halides is 2. The van der Waals surface area contributed by atoms with Gasteiger partial charge in [0.15, 0.2) is 0 Å². The molecule has 0 amide bonds. The van der Waals surface area contributed by atoms with Crippen LogP contribution in [0.3, 0.4) is 0 Å². The molecule has 5 heteroatoms. The Morgan fingerprint density at radius 1 is 1.15 bits per heavy atom. The van der Waals surface area contributed by atoms with Gasteiger partial charge in [0.1, 0.15) is 5.75 Å². The van der Waals surface area contributed by atoms with Crippen molar-refractivity contribution in [3.8, 4) is 5.75 Å². The molecule has 0 saturated heterocycles. The molecule has 0 heterocycles. The largest absolute Gasteiger partial charge is 0.497 e. The van der Waals surface area contributed by atoms with Crippen molar-refractivity contribution in [3.63, 3.8) is 0 Å². The van der Waals surface area contributed by atoms with Crippen LogP contribution in [0.5, 0.6) is 5.75 Å². The van der Waals surface area contributed by atoms with Crippen LogP contribution < -0.4 is 10.1 Å². The van der Waals surface area contributed by atoms with Crippen molar-refractivity contribution in [3.05, 3.63) is 54.1 Å². The number of benzene rings is 2. The third-order valence-electron chi connectivity index (χ3n) is 2.71. The Labute approximate surface area is 121 Å². The van der Waals surface area contributed by atoms with E-state index in [9.17, 15) is 8.78 Å². The van der Waals surface area contributed by atoms with Gasteiger partial charge in [-0.15, -0.1) is 0 Å². The zero-order chi connectivity index (χ0) is 14.4. The summed E-state index contributed by atoms with van der Waals surface area (Å²) in [5, 5.41) is 3.24. The SMILES string of the molecule is COc1cccc(CNc2ccc(SC(F)F)cc2)c1. The molecule has 0 aliphatic heterocycles. The second-order valence-corrected chi connectivity index (χ2v) is 5.17. The molecule has 2 aromatic rings. The van der Waals surface area contributed by atoms with E-state index in [1.165, 1.54) is 0 Å². The lowest BCUT2D eigenvalue weighted by Gasteiger charge is -2.08. The molecule has 0 fully saturated rings. The van der Waals surface area contributed by atoms with Crippen molar-refractivity contribution in [2.45, 2.75) is 17.2 Å². The summed E-state index contributed by atoms with van der Waals surface area (Å²) in [5.41, 5.74) is 1.99. The van der Waals surface area contributed by atoms with Gasteiger partial charge < -0.3 is 10.1 Å². The number of rotatable bonds is 6. The van der Waals surface area contributed by atoms with E-state index in [1.807, 2.05) is 24.3 Å². The predicted octanol–water partition coefficient (Wildman–Crippen LogP) is 4.62. The summed E-state index contributed by atoms with van der Waals surface area (Å²) >= 11 is 0.549. The minimum Gasteiger partial charge on any atom is -0.497 e. The van der Waals surface area contributed by atoms with Gasteiger partial charge in [-0.3, -0.25) is 0 Å². The van der Waals surface area contributed by atoms with E-state index >= 15 is 0 Å². The van der Waals surface area contributed by atoms with Crippen LogP contribution in [-0.4, -0.2) is 12.9 Å². The number of hydrogen-bond donors (Lipinski definition) is 1. The van der Waals surface area contributed by atoms with Gasteiger partial charge in [0.05, 0.1) is 7.11 Å². The molecule has 2 nitrogen and oxygen atoms in total. The van der Waals surface area contributed by atoms with Gasteiger partial charge in [-0.05, 0) is 42.0 Å². The quantitative estimate of drug-likeness (QED) is 0.786. The third kappa shape index (κ3) is 4.42. The summed E-state index contributed by atoms with van der Waals surface area (Å²) < 4.78 is 29.6. The van der Waals surface area contributed by atoms with E-state index in [0.29, 0.717) is 23.2 Å². The molecule has 0 spiro atoms. The Kier molecular flexibility index (Phi) is 5.24. The summed E-state index contributed by atoms with van der Waals surface area (Å²) in [6, 6.07) is 14.7. The molecular weight excluding hydrogens is 280 g/mol. The molecule has 2 rings (SSSR count). The first kappa shape index (κ1) is 14.7. The van der Waals surface area contributed by atoms with Crippen LogP contribution in [0.2, 0.25) is 0 Å². The van der Waals surface area contributed by atoms with Crippen LogP contribution in [0.25, 0.3) is 0 Å². The van der Waals surface area contributed by atoms with Crippen molar-refractivity contribution in [1.82, 2.24) is 0 Å². The molecule has 0 bridgehead atoms. The predicted molar refractivity (Wildman–Crippen MR) is 78.6 cm³/mol. The second-order valence-electron chi connectivity index (χ2n) is 4.11. The monoisotopic (exact) mass is 295 g/mol. The Morgan fingerprint density at radius 3 is 2.55 bits per heavy atom. The lowest BCUT2D eigenvalue weighted by atomic mass is 10.2. The summed E-state index contributed by atoms with van der Waals surface area (Å²) in [7, 11) is 1.63. The first-order valence-electron chi connectivity index (χ1n) is 6.09. The molecule has 0 aromatic heterocycles. The molecule has 0 atom stereocenters. The zero-order valence-electron chi connectivity index (χ0n) is 11.0. The normalized spacial score (nSPS) is 10.6. The highest BCUT2D eigenvalue weighted by atomic mass is 32.2. The van der Waals surface area contributed by atoms with Crippen LogP contribution in [-0.2, 0) is 6.54 Å². The van der Waals surface area contributed by atoms with Crippen molar-refractivity contribution >= 4 is 17.4 Å². The smallest absolute Gasteiger partial charge is 0.288 e. The van der Waals surface area contributed by atoms with E-state index in [-0.39, 0.29) is 0 Å². The van der Waals surface area contributed by atoms with Crippen LogP contribution >= 0.6 is 11.8 Å². The second kappa shape index (κ2) is 7.14. The number of nitrogens with one attached hydrogen (secondary N) is 1. The average molecular weight is 295 g/mol. The first-order valence-corrected chi connectivity index (χ1v) is 6.97. The fourth-order valence-electron chi connectivity index (χ4n) is 1.74. The van der Waals surface area contributed by atoms with Gasteiger partial charge in [0.2, 0.25) is 0 Å². The highest BCUT2D eigenvalue weighted by molar-refractivity contribution is 7.99. The molecule has 1 N–H and O–H groups in total. The molecular formula is C15H15F2NOS. The first-order chi connectivity index (χ1) is 9.67. The lowest BCUT2D eigenvalue weighted by Crippen LogP contribution is -1.99. The number of hydrogen-bond acceptors (Lipinski definition) is 3. The van der Waals surface area contributed by atoms with Gasteiger partial charge in [0, 0.05) is 17.1 Å². The molecule has 2 aromatic carbocycles. The van der Waals surface area contributed by atoms with Crippen molar-refractivity contribution in [2.75, 3.05) is 12.4 Å². The maximum Gasteiger partial charge on any atom is 0.288 e. The number of thioether (sulfide) groups is 1. The van der Waals surface area contributed by atoms with Crippen LogP contribution in [0, 0.1) is 0 Å². The van der Waals surface area contributed by atoms with Crippen molar-refractivity contribution < 1.29 is 13.5 Å². The van der Waals surface area contributed by atoms with Crippen LogP contribution in [0.4, 0.5) is 14.5 Å². The fourth-order valence-corrected chi connectivity index (χ4v) is 2.24. The molecule has 20 heavy (non-hydrogen) atoms. The van der Waals surface area contributed by atoms with Crippen molar-refractivity contribution in [2.24, 2.45) is 0 Å². The maximum atomic E-state index is 12.2. The van der Waals surface area contributed by atoms with E-state index < -0.39 is 5.76 Å². The highest BCUT2D eigenvalue weighted by Gasteiger charge is 2.04. The topological polar surface area (TPSA) is 21.3 Å². The summed E-state index contributed by atoms with van der Waals surface area (Å²) in [4.78, 5) is 0.562. The van der Waals surface area contributed by atoms with Crippen LogP contribution in [0.1, 0.15) is 5.56 Å². The molecule has 0 radical (unpaired) electrons. The Balaban J connectivity index is 1.93. The minimum absolute atomic E-state index is 0.549. The third-order valence-corrected chi connectivity index (χ3v) is 3.43. The van der Waals surface area contributed by atoms with Gasteiger partial charge in [-0.25, -0.2) is 0 Å². The molecule has 0 saturated carbocycles. The van der Waals surface area contributed by atoms with Gasteiger partial charge in [0.25, 0.3) is 5.76 Å². The standard InChI is InChI=1S/C15H15F2NOS/c1-19-13-4-2-3-11(9-13)10-18-12-5-7-14(8-6-12)20-15(16)17/h2-9,15,18H,10H2,1H3. The van der Waals surface area contributed by atoms with Gasteiger partial charge in [-0.2, -0.15) is 8.78 Å². The van der Waals surface area contributed by atoms with E-state index in [4.69, 9.17) is 4.74 Å². The minimum atomic E-state index is -2.38. The summed E-state index contributed by atoms with van der Waals surface area (Å²) in [6.07, 6.45) is 0. The number of anilines is 1. The van der Waals surface area contributed by atoms with E-state index in [0.717, 1.165) is 17.0 Å². The Hall–Kier alpha value is -1.75. The van der Waals surface area contributed by atoms with E-state index in [2.05, 4.69) is 5.32 Å². The Bertz CT molecular complexity index is 546. The number of halogens is 2. The average Bonchev–Trinajstić information content (AvgIpc) is 2.46. The van der Waals surface area contributed by atoms with Crippen molar-refractivity contribution in [1.29, 1.82) is 0 Å². The molecule has 106 valence electrons.